The van der Waals surface area contributed by atoms with Gasteiger partial charge in [0.1, 0.15) is 0 Å². The summed E-state index contributed by atoms with van der Waals surface area (Å²) >= 11 is 0. The highest BCUT2D eigenvalue weighted by molar-refractivity contribution is 5.86. The molecule has 0 spiro atoms. The van der Waals surface area contributed by atoms with Crippen LogP contribution in [-0.4, -0.2) is 11.1 Å². The lowest BCUT2D eigenvalue weighted by Crippen LogP contribution is -2.16. The highest BCUT2D eigenvalue weighted by Gasteiger charge is 2.42. The highest BCUT2D eigenvalue weighted by Crippen LogP contribution is 2.48. The van der Waals surface area contributed by atoms with Crippen molar-refractivity contribution >= 4 is 5.97 Å². The topological polar surface area (TPSA) is 37.3 Å². The summed E-state index contributed by atoms with van der Waals surface area (Å²) in [4.78, 5) is 11.9. The number of rotatable bonds is 6. The lowest BCUT2D eigenvalue weighted by atomic mass is 9.83. The Morgan fingerprint density at radius 1 is 0.730 bits per heavy atom. The fourth-order valence-electron chi connectivity index (χ4n) is 4.24. The van der Waals surface area contributed by atoms with Gasteiger partial charge in [0.2, 0.25) is 0 Å². The van der Waals surface area contributed by atoms with Crippen molar-refractivity contribution in [1.29, 1.82) is 0 Å². The summed E-state index contributed by atoms with van der Waals surface area (Å²) in [5.74, 6) is -2.48. The molecule has 0 fully saturated rings. The molecular formula is C26H19F9O2. The van der Waals surface area contributed by atoms with E-state index in [-0.39, 0.29) is 29.7 Å². The number of carboxylic acids is 1. The van der Waals surface area contributed by atoms with Crippen LogP contribution in [0.1, 0.15) is 47.9 Å². The quantitative estimate of drug-likeness (QED) is 0.321. The first-order valence-electron chi connectivity index (χ1n) is 10.9. The van der Waals surface area contributed by atoms with E-state index >= 15 is 0 Å². The molecule has 0 aromatic heterocycles. The van der Waals surface area contributed by atoms with Gasteiger partial charge in [-0.15, -0.1) is 0 Å². The molecule has 198 valence electrons. The van der Waals surface area contributed by atoms with Gasteiger partial charge in [-0.2, -0.15) is 39.5 Å². The minimum Gasteiger partial charge on any atom is -0.481 e. The zero-order valence-corrected chi connectivity index (χ0v) is 19.0. The molecule has 0 aliphatic heterocycles. The monoisotopic (exact) mass is 534 g/mol. The van der Waals surface area contributed by atoms with Gasteiger partial charge in [0, 0.05) is 0 Å². The Labute approximate surface area is 205 Å². The number of hydrogen-bond donors (Lipinski definition) is 1. The number of carboxylic acid groups (broad SMARTS) is 1. The first-order valence-corrected chi connectivity index (χ1v) is 10.9. The van der Waals surface area contributed by atoms with Crippen LogP contribution in [0.3, 0.4) is 0 Å². The average Bonchev–Trinajstić information content (AvgIpc) is 2.80. The van der Waals surface area contributed by atoms with Crippen LogP contribution in [0.2, 0.25) is 0 Å². The van der Waals surface area contributed by atoms with Crippen molar-refractivity contribution in [3.05, 3.63) is 82.9 Å². The standard InChI is InChI=1S/C26H19F9O2/c1-2-6-20(23(36)37)16-8-4-3-7-15(16)18-9-5-10-19(22(18)26(33,34)35)17-12-11-14(24(27,28)29)13-21(17)25(30,31)32/h3-5,7-13,20H,2,6H2,1H3,(H,36,37). The van der Waals surface area contributed by atoms with Gasteiger partial charge in [-0.3, -0.25) is 4.79 Å². The summed E-state index contributed by atoms with van der Waals surface area (Å²) < 4.78 is 124. The van der Waals surface area contributed by atoms with E-state index in [9.17, 15) is 49.4 Å². The van der Waals surface area contributed by atoms with Crippen molar-refractivity contribution in [3.8, 4) is 22.3 Å². The van der Waals surface area contributed by atoms with Gasteiger partial charge in [-0.05, 0) is 46.4 Å². The largest absolute Gasteiger partial charge is 0.481 e. The molecule has 0 heterocycles. The van der Waals surface area contributed by atoms with Crippen LogP contribution in [0.4, 0.5) is 39.5 Å². The maximum atomic E-state index is 14.4. The van der Waals surface area contributed by atoms with E-state index < -0.39 is 63.8 Å². The Morgan fingerprint density at radius 2 is 1.30 bits per heavy atom. The molecule has 1 N–H and O–H groups in total. The number of carbonyl (C=O) groups is 1. The first kappa shape index (κ1) is 28.1. The molecule has 3 aromatic rings. The van der Waals surface area contributed by atoms with Crippen molar-refractivity contribution in [3.63, 3.8) is 0 Å². The number of hydrogen-bond acceptors (Lipinski definition) is 1. The summed E-state index contributed by atoms with van der Waals surface area (Å²) in [6, 6.07) is 8.55. The molecule has 0 radical (unpaired) electrons. The van der Waals surface area contributed by atoms with Gasteiger partial charge in [0.05, 0.1) is 22.6 Å². The normalized spacial score (nSPS) is 13.5. The Bertz CT molecular complexity index is 1290. The van der Waals surface area contributed by atoms with Crippen molar-refractivity contribution in [2.45, 2.75) is 44.2 Å². The predicted octanol–water partition coefficient (Wildman–Crippen LogP) is 9.05. The molecule has 3 aromatic carbocycles. The Hall–Kier alpha value is -3.50. The second-order valence-electron chi connectivity index (χ2n) is 8.25. The molecule has 3 rings (SSSR count). The minimum absolute atomic E-state index is 0.0305. The van der Waals surface area contributed by atoms with E-state index in [2.05, 4.69) is 0 Å². The van der Waals surface area contributed by atoms with Crippen LogP contribution in [0, 0.1) is 0 Å². The van der Waals surface area contributed by atoms with Crippen molar-refractivity contribution in [2.24, 2.45) is 0 Å². The predicted molar refractivity (Wildman–Crippen MR) is 118 cm³/mol. The van der Waals surface area contributed by atoms with Crippen LogP contribution >= 0.6 is 0 Å². The van der Waals surface area contributed by atoms with Crippen LogP contribution in [0.5, 0.6) is 0 Å². The molecule has 1 unspecified atom stereocenters. The van der Waals surface area contributed by atoms with Gasteiger partial charge in [0.25, 0.3) is 0 Å². The molecule has 37 heavy (non-hydrogen) atoms. The van der Waals surface area contributed by atoms with E-state index in [0.29, 0.717) is 12.5 Å². The van der Waals surface area contributed by atoms with E-state index in [1.54, 1.807) is 6.92 Å². The summed E-state index contributed by atoms with van der Waals surface area (Å²) in [6.07, 6.45) is -15.3. The Kier molecular flexibility index (Phi) is 7.67. The molecule has 1 atom stereocenters. The minimum atomic E-state index is -5.40. The Morgan fingerprint density at radius 3 is 1.81 bits per heavy atom. The Balaban J connectivity index is 2.40. The SMILES string of the molecule is CCCC(C(=O)O)c1ccccc1-c1cccc(-c2ccc(C(F)(F)F)cc2C(F)(F)F)c1C(F)(F)F. The van der Waals surface area contributed by atoms with Crippen molar-refractivity contribution in [2.75, 3.05) is 0 Å². The van der Waals surface area contributed by atoms with Crippen molar-refractivity contribution in [1.82, 2.24) is 0 Å². The third-order valence-corrected chi connectivity index (χ3v) is 5.79. The first-order chi connectivity index (χ1) is 17.1. The van der Waals surface area contributed by atoms with E-state index in [4.69, 9.17) is 0 Å². The highest BCUT2D eigenvalue weighted by atomic mass is 19.4. The summed E-state index contributed by atoms with van der Waals surface area (Å²) in [6.45, 7) is 1.68. The van der Waals surface area contributed by atoms with Crippen LogP contribution in [-0.2, 0) is 23.3 Å². The fraction of sp³-hybridized carbons (Fsp3) is 0.269. The van der Waals surface area contributed by atoms with Crippen molar-refractivity contribution < 1.29 is 49.4 Å². The van der Waals surface area contributed by atoms with E-state index in [0.717, 1.165) is 18.2 Å². The molecule has 0 bridgehead atoms. The second-order valence-corrected chi connectivity index (χ2v) is 8.25. The lowest BCUT2D eigenvalue weighted by Gasteiger charge is -2.23. The summed E-state index contributed by atoms with van der Waals surface area (Å²) in [7, 11) is 0. The van der Waals surface area contributed by atoms with Gasteiger partial charge in [-0.25, -0.2) is 0 Å². The maximum Gasteiger partial charge on any atom is 0.417 e. The summed E-state index contributed by atoms with van der Waals surface area (Å²) in [5.41, 5.74) is -7.85. The smallest absolute Gasteiger partial charge is 0.417 e. The maximum absolute atomic E-state index is 14.4. The van der Waals surface area contributed by atoms with E-state index in [1.807, 2.05) is 0 Å². The zero-order valence-electron chi connectivity index (χ0n) is 19.0. The molecule has 2 nitrogen and oxygen atoms in total. The lowest BCUT2D eigenvalue weighted by molar-refractivity contribution is -0.143. The van der Waals surface area contributed by atoms with E-state index in [1.165, 1.54) is 24.3 Å². The van der Waals surface area contributed by atoms with Gasteiger partial charge in [0.15, 0.2) is 0 Å². The molecule has 0 amide bonds. The second kappa shape index (κ2) is 10.1. The number of alkyl halides is 9. The third-order valence-electron chi connectivity index (χ3n) is 5.79. The zero-order chi connectivity index (χ0) is 27.8. The van der Waals surface area contributed by atoms with Crippen LogP contribution < -0.4 is 0 Å². The van der Waals surface area contributed by atoms with Crippen LogP contribution in [0.15, 0.2) is 60.7 Å². The van der Waals surface area contributed by atoms with Gasteiger partial charge in [-0.1, -0.05) is 61.9 Å². The molecular weight excluding hydrogens is 515 g/mol. The molecule has 0 saturated carbocycles. The molecule has 0 aliphatic rings. The third kappa shape index (κ3) is 5.91. The number of halogens is 9. The molecule has 0 aliphatic carbocycles. The van der Waals surface area contributed by atoms with Gasteiger partial charge >= 0.3 is 24.5 Å². The summed E-state index contributed by atoms with van der Waals surface area (Å²) in [5, 5.41) is 9.67. The number of aliphatic carboxylic acids is 1. The molecule has 0 saturated heterocycles. The molecule has 11 heteroatoms. The fourth-order valence-corrected chi connectivity index (χ4v) is 4.24. The van der Waals surface area contributed by atoms with Gasteiger partial charge < -0.3 is 5.11 Å². The number of benzene rings is 3. The van der Waals surface area contributed by atoms with Crippen LogP contribution in [0.25, 0.3) is 22.3 Å². The average molecular weight is 534 g/mol.